The van der Waals surface area contributed by atoms with Crippen LogP contribution in [0.15, 0.2) is 27.2 Å². The van der Waals surface area contributed by atoms with E-state index in [9.17, 15) is 4.79 Å². The third-order valence-corrected chi connectivity index (χ3v) is 3.05. The van der Waals surface area contributed by atoms with Gasteiger partial charge in [-0.2, -0.15) is 0 Å². The molecule has 5 heteroatoms. The Morgan fingerprint density at radius 1 is 1.44 bits per heavy atom. The lowest BCUT2D eigenvalue weighted by Crippen LogP contribution is -2.26. The van der Waals surface area contributed by atoms with Gasteiger partial charge in [0.1, 0.15) is 11.5 Å². The molecule has 2 aromatic heterocycles. The van der Waals surface area contributed by atoms with E-state index in [4.69, 9.17) is 20.4 Å². The number of nitrogens with one attached hydrogen (secondary N) is 1. The number of rotatable bonds is 3. The number of aryl methyl sites for hydroxylation is 2. The molecule has 0 saturated carbocycles. The molecule has 2 aromatic rings. The molecule has 1 unspecified atom stereocenters. The Balaban J connectivity index is 2.13. The smallest absolute Gasteiger partial charge is 0.256 e. The molecule has 0 aromatic carbocycles. The zero-order valence-corrected chi connectivity index (χ0v) is 11.2. The summed E-state index contributed by atoms with van der Waals surface area (Å²) in [5, 5.41) is 2.95. The second-order valence-corrected chi connectivity index (χ2v) is 4.51. The molecule has 2 rings (SSSR count). The fraction of sp³-hybridized carbons (Fsp3) is 0.308. The quantitative estimate of drug-likeness (QED) is 0.924. The van der Waals surface area contributed by atoms with Crippen LogP contribution < -0.4 is 5.32 Å². The zero-order chi connectivity index (χ0) is 13.3. The summed E-state index contributed by atoms with van der Waals surface area (Å²) in [6, 6.07) is 3.30. The van der Waals surface area contributed by atoms with Gasteiger partial charge in [0.2, 0.25) is 5.22 Å². The van der Waals surface area contributed by atoms with E-state index in [0.29, 0.717) is 5.56 Å². The number of halogens is 1. The topological polar surface area (TPSA) is 55.4 Å². The Morgan fingerprint density at radius 2 is 2.17 bits per heavy atom. The molecule has 0 spiro atoms. The summed E-state index contributed by atoms with van der Waals surface area (Å²) in [6.07, 6.45) is 1.38. The molecule has 0 saturated heterocycles. The van der Waals surface area contributed by atoms with E-state index < -0.39 is 0 Å². The molecule has 0 bridgehead atoms. The zero-order valence-electron chi connectivity index (χ0n) is 10.4. The lowest BCUT2D eigenvalue weighted by Gasteiger charge is -2.12. The Morgan fingerprint density at radius 3 is 2.67 bits per heavy atom. The van der Waals surface area contributed by atoms with Crippen molar-refractivity contribution in [1.29, 1.82) is 0 Å². The van der Waals surface area contributed by atoms with Crippen LogP contribution in [0, 0.1) is 13.8 Å². The third-order valence-electron chi connectivity index (χ3n) is 2.76. The molecule has 0 aliphatic heterocycles. The van der Waals surface area contributed by atoms with Crippen molar-refractivity contribution >= 4 is 17.5 Å². The van der Waals surface area contributed by atoms with Crippen LogP contribution in [0.25, 0.3) is 0 Å². The molecule has 0 radical (unpaired) electrons. The molecule has 0 aliphatic rings. The maximum atomic E-state index is 11.9. The fourth-order valence-corrected chi connectivity index (χ4v) is 2.09. The number of hydrogen-bond acceptors (Lipinski definition) is 3. The molecule has 18 heavy (non-hydrogen) atoms. The van der Waals surface area contributed by atoms with Crippen LogP contribution >= 0.6 is 11.6 Å². The van der Waals surface area contributed by atoms with Crippen LogP contribution in [0.5, 0.6) is 0 Å². The fourth-order valence-electron chi connectivity index (χ4n) is 1.89. The normalized spacial score (nSPS) is 12.4. The van der Waals surface area contributed by atoms with Gasteiger partial charge < -0.3 is 14.2 Å². The largest absolute Gasteiger partial charge is 0.466 e. The first-order valence-corrected chi connectivity index (χ1v) is 5.97. The van der Waals surface area contributed by atoms with E-state index in [1.54, 1.807) is 0 Å². The average Bonchev–Trinajstić information content (AvgIpc) is 2.84. The van der Waals surface area contributed by atoms with Gasteiger partial charge in [0.15, 0.2) is 0 Å². The molecular weight excluding hydrogens is 254 g/mol. The SMILES string of the molecule is Cc1cc(C(C)NC(=O)c2ccoc2Cl)c(C)o1. The first-order valence-electron chi connectivity index (χ1n) is 5.60. The Hall–Kier alpha value is -1.68. The van der Waals surface area contributed by atoms with Gasteiger partial charge in [-0.25, -0.2) is 0 Å². The maximum Gasteiger partial charge on any atom is 0.256 e. The summed E-state index contributed by atoms with van der Waals surface area (Å²) >= 11 is 5.75. The average molecular weight is 268 g/mol. The molecule has 4 nitrogen and oxygen atoms in total. The molecule has 1 N–H and O–H groups in total. The number of amides is 1. The van der Waals surface area contributed by atoms with Gasteiger partial charge >= 0.3 is 0 Å². The predicted molar refractivity (Wildman–Crippen MR) is 67.8 cm³/mol. The van der Waals surface area contributed by atoms with Crippen LogP contribution in [-0.2, 0) is 0 Å². The molecule has 1 amide bonds. The van der Waals surface area contributed by atoms with Crippen LogP contribution in [0.2, 0.25) is 5.22 Å². The van der Waals surface area contributed by atoms with Crippen molar-refractivity contribution in [3.8, 4) is 0 Å². The summed E-state index contributed by atoms with van der Waals surface area (Å²) in [5.41, 5.74) is 1.29. The Kier molecular flexibility index (Phi) is 3.48. The molecule has 0 aliphatic carbocycles. The molecule has 1 atom stereocenters. The monoisotopic (exact) mass is 267 g/mol. The Labute approximate surface area is 110 Å². The van der Waals surface area contributed by atoms with Gasteiger partial charge in [0.25, 0.3) is 5.91 Å². The third kappa shape index (κ3) is 2.43. The lowest BCUT2D eigenvalue weighted by molar-refractivity contribution is 0.0939. The minimum absolute atomic E-state index is 0.0970. The summed E-state index contributed by atoms with van der Waals surface area (Å²) in [4.78, 5) is 11.9. The van der Waals surface area contributed by atoms with Gasteiger partial charge in [-0.3, -0.25) is 4.79 Å². The number of carbonyl (C=O) groups is 1. The summed E-state index contributed by atoms with van der Waals surface area (Å²) in [7, 11) is 0. The van der Waals surface area contributed by atoms with Gasteiger partial charge in [-0.15, -0.1) is 0 Å². The van der Waals surface area contributed by atoms with Crippen molar-refractivity contribution in [3.63, 3.8) is 0 Å². The standard InChI is InChI=1S/C13H14ClNO3/c1-7-6-11(9(3)18-7)8(2)15-13(16)10-4-5-17-12(10)14/h4-6,8H,1-3H3,(H,15,16). The van der Waals surface area contributed by atoms with E-state index in [-0.39, 0.29) is 17.2 Å². The van der Waals surface area contributed by atoms with Gasteiger partial charge in [0, 0.05) is 5.56 Å². The van der Waals surface area contributed by atoms with E-state index in [0.717, 1.165) is 17.1 Å². The summed E-state index contributed by atoms with van der Waals surface area (Å²) in [5.74, 6) is 1.36. The van der Waals surface area contributed by atoms with Crippen LogP contribution in [0.1, 0.15) is 40.4 Å². The molecule has 0 fully saturated rings. The highest BCUT2D eigenvalue weighted by atomic mass is 35.5. The number of carbonyl (C=O) groups excluding carboxylic acids is 1. The van der Waals surface area contributed by atoms with Gasteiger partial charge in [0.05, 0.1) is 17.9 Å². The van der Waals surface area contributed by atoms with E-state index in [2.05, 4.69) is 5.32 Å². The summed E-state index contributed by atoms with van der Waals surface area (Å²) in [6.45, 7) is 5.64. The highest BCUT2D eigenvalue weighted by Crippen LogP contribution is 2.23. The highest BCUT2D eigenvalue weighted by Gasteiger charge is 2.18. The van der Waals surface area contributed by atoms with Crippen LogP contribution in [-0.4, -0.2) is 5.91 Å². The van der Waals surface area contributed by atoms with Crippen LogP contribution in [0.4, 0.5) is 0 Å². The second kappa shape index (κ2) is 4.90. The molecular formula is C13H14ClNO3. The van der Waals surface area contributed by atoms with Crippen molar-refractivity contribution in [1.82, 2.24) is 5.32 Å². The lowest BCUT2D eigenvalue weighted by atomic mass is 10.1. The van der Waals surface area contributed by atoms with Crippen molar-refractivity contribution in [2.45, 2.75) is 26.8 Å². The van der Waals surface area contributed by atoms with E-state index in [1.807, 2.05) is 26.8 Å². The van der Waals surface area contributed by atoms with Crippen LogP contribution in [0.3, 0.4) is 0 Å². The molecule has 96 valence electrons. The van der Waals surface area contributed by atoms with E-state index >= 15 is 0 Å². The minimum atomic E-state index is -0.264. The van der Waals surface area contributed by atoms with Crippen molar-refractivity contribution in [2.24, 2.45) is 0 Å². The van der Waals surface area contributed by atoms with E-state index in [1.165, 1.54) is 12.3 Å². The Bertz CT molecular complexity index is 571. The van der Waals surface area contributed by atoms with Crippen molar-refractivity contribution in [2.75, 3.05) is 0 Å². The van der Waals surface area contributed by atoms with Crippen molar-refractivity contribution < 1.29 is 13.6 Å². The minimum Gasteiger partial charge on any atom is -0.466 e. The second-order valence-electron chi connectivity index (χ2n) is 4.17. The van der Waals surface area contributed by atoms with Gasteiger partial charge in [-0.05, 0) is 44.5 Å². The number of furan rings is 2. The number of hydrogen-bond donors (Lipinski definition) is 1. The first-order chi connectivity index (χ1) is 8.49. The van der Waals surface area contributed by atoms with Crippen molar-refractivity contribution in [3.05, 3.63) is 46.3 Å². The first kappa shape index (κ1) is 12.8. The molecule has 2 heterocycles. The van der Waals surface area contributed by atoms with Gasteiger partial charge in [-0.1, -0.05) is 0 Å². The summed E-state index contributed by atoms with van der Waals surface area (Å²) < 4.78 is 10.3. The maximum absolute atomic E-state index is 11.9. The predicted octanol–water partition coefficient (Wildman–Crippen LogP) is 3.63. The highest BCUT2D eigenvalue weighted by molar-refractivity contribution is 6.32.